The fraction of sp³-hybridized carbons (Fsp3) is 0.704. The van der Waals surface area contributed by atoms with Crippen LogP contribution < -0.4 is 0 Å². The summed E-state index contributed by atoms with van der Waals surface area (Å²) < 4.78 is 13.2. The van der Waals surface area contributed by atoms with E-state index in [1.165, 1.54) is 42.3 Å². The van der Waals surface area contributed by atoms with Gasteiger partial charge in [0, 0.05) is 28.4 Å². The highest BCUT2D eigenvalue weighted by atomic mass is 16.7. The summed E-state index contributed by atoms with van der Waals surface area (Å²) >= 11 is 0. The van der Waals surface area contributed by atoms with E-state index in [4.69, 9.17) is 9.47 Å². The van der Waals surface area contributed by atoms with Crippen LogP contribution in [0, 0.1) is 17.3 Å². The number of aromatic amines is 1. The first-order chi connectivity index (χ1) is 14.7. The molecule has 8 atom stereocenters. The highest BCUT2D eigenvalue weighted by Crippen LogP contribution is 2.73. The summed E-state index contributed by atoms with van der Waals surface area (Å²) in [5.74, 6) is 1.23. The van der Waals surface area contributed by atoms with Crippen LogP contribution in [-0.2, 0) is 21.3 Å². The second-order valence-electron chi connectivity index (χ2n) is 12.2. The lowest BCUT2D eigenvalue weighted by Crippen LogP contribution is -2.65. The summed E-state index contributed by atoms with van der Waals surface area (Å²) in [6.07, 6.45) is 6.99. The van der Waals surface area contributed by atoms with Crippen LogP contribution in [0.3, 0.4) is 0 Å². The number of aromatic nitrogens is 1. The van der Waals surface area contributed by atoms with E-state index >= 15 is 0 Å². The quantitative estimate of drug-likeness (QED) is 0.646. The number of aliphatic hydroxyl groups is 1. The third-order valence-corrected chi connectivity index (χ3v) is 10.7. The normalized spacial score (nSPS) is 47.8. The molecule has 4 nitrogen and oxygen atoms in total. The minimum absolute atomic E-state index is 0.124. The molecule has 4 heteroatoms. The highest BCUT2D eigenvalue weighted by molar-refractivity contribution is 5.86. The van der Waals surface area contributed by atoms with Crippen molar-refractivity contribution < 1.29 is 14.6 Å². The van der Waals surface area contributed by atoms with E-state index < -0.39 is 5.60 Å². The maximum atomic E-state index is 10.6. The van der Waals surface area contributed by atoms with Crippen LogP contribution in [0.2, 0.25) is 0 Å². The summed E-state index contributed by atoms with van der Waals surface area (Å²) in [7, 11) is 0. The zero-order valence-corrected chi connectivity index (χ0v) is 19.2. The third-order valence-electron chi connectivity index (χ3n) is 10.7. The molecule has 0 radical (unpaired) electrons. The van der Waals surface area contributed by atoms with E-state index in [2.05, 4.69) is 43.1 Å². The molecule has 3 heterocycles. The van der Waals surface area contributed by atoms with Gasteiger partial charge < -0.3 is 19.6 Å². The SMILES string of the molecule is CC(C)(O)[C@@H]1C[C@H]2O[C@]23[C@H](CC[C@@]2(C)[C@H]3CC[C@H]3Cc4c([nH]c5ccccc45)[C@@]32C)O1. The van der Waals surface area contributed by atoms with Crippen LogP contribution in [0.25, 0.3) is 10.9 Å². The zero-order chi connectivity index (χ0) is 21.4. The van der Waals surface area contributed by atoms with Crippen molar-refractivity contribution in [3.63, 3.8) is 0 Å². The number of nitrogens with one attached hydrogen (secondary N) is 1. The Morgan fingerprint density at radius 3 is 2.71 bits per heavy atom. The van der Waals surface area contributed by atoms with Crippen molar-refractivity contribution in [1.29, 1.82) is 0 Å². The Balaban J connectivity index is 1.32. The monoisotopic (exact) mass is 421 g/mol. The van der Waals surface area contributed by atoms with Crippen molar-refractivity contribution in [2.24, 2.45) is 17.3 Å². The predicted molar refractivity (Wildman–Crippen MR) is 120 cm³/mol. The van der Waals surface area contributed by atoms with Gasteiger partial charge in [0.2, 0.25) is 0 Å². The lowest BCUT2D eigenvalue weighted by atomic mass is 9.43. The fourth-order valence-electron chi connectivity index (χ4n) is 8.85. The van der Waals surface area contributed by atoms with Gasteiger partial charge >= 0.3 is 0 Å². The molecule has 1 aromatic heterocycles. The predicted octanol–water partition coefficient (Wildman–Crippen LogP) is 4.87. The Hall–Kier alpha value is -1.36. The summed E-state index contributed by atoms with van der Waals surface area (Å²) in [5.41, 5.74) is 3.76. The number of hydrogen-bond acceptors (Lipinski definition) is 3. The molecule has 2 N–H and O–H groups in total. The first kappa shape index (κ1) is 19.1. The zero-order valence-electron chi connectivity index (χ0n) is 19.2. The van der Waals surface area contributed by atoms with Crippen LogP contribution in [0.5, 0.6) is 0 Å². The van der Waals surface area contributed by atoms with Gasteiger partial charge in [-0.15, -0.1) is 0 Å². The summed E-state index contributed by atoms with van der Waals surface area (Å²) in [5, 5.41) is 12.0. The first-order valence-electron chi connectivity index (χ1n) is 12.4. The number of fused-ring (bicyclic) bond motifs is 7. The second-order valence-corrected chi connectivity index (χ2v) is 12.2. The molecule has 5 aliphatic rings. The van der Waals surface area contributed by atoms with Gasteiger partial charge in [0.15, 0.2) is 0 Å². The molecule has 2 saturated carbocycles. The Morgan fingerprint density at radius 1 is 1.10 bits per heavy atom. The molecule has 4 fully saturated rings. The molecule has 1 spiro atoms. The molecule has 1 aromatic carbocycles. The molecule has 3 aliphatic carbocycles. The van der Waals surface area contributed by atoms with Crippen molar-refractivity contribution in [2.45, 2.75) is 101 Å². The second kappa shape index (κ2) is 5.58. The molecule has 7 rings (SSSR count). The molecule has 166 valence electrons. The van der Waals surface area contributed by atoms with E-state index in [9.17, 15) is 5.11 Å². The highest BCUT2D eigenvalue weighted by Gasteiger charge is 2.78. The van der Waals surface area contributed by atoms with Gasteiger partial charge in [-0.3, -0.25) is 0 Å². The van der Waals surface area contributed by atoms with E-state index in [0.29, 0.717) is 11.8 Å². The minimum Gasteiger partial charge on any atom is -0.388 e. The van der Waals surface area contributed by atoms with Crippen molar-refractivity contribution in [3.8, 4) is 0 Å². The number of rotatable bonds is 1. The Kier molecular flexibility index (Phi) is 3.44. The van der Waals surface area contributed by atoms with E-state index in [-0.39, 0.29) is 34.7 Å². The fourth-order valence-corrected chi connectivity index (χ4v) is 8.85. The number of hydrogen-bond donors (Lipinski definition) is 2. The number of ether oxygens (including phenoxy) is 2. The molecular formula is C27H35NO3. The van der Waals surface area contributed by atoms with Crippen molar-refractivity contribution in [1.82, 2.24) is 4.98 Å². The van der Waals surface area contributed by atoms with Gasteiger partial charge in [0.25, 0.3) is 0 Å². The average Bonchev–Trinajstić information content (AvgIpc) is 3.23. The molecule has 0 unspecified atom stereocenters. The molecule has 31 heavy (non-hydrogen) atoms. The van der Waals surface area contributed by atoms with Gasteiger partial charge in [-0.2, -0.15) is 0 Å². The maximum absolute atomic E-state index is 10.6. The van der Waals surface area contributed by atoms with Gasteiger partial charge in [-0.1, -0.05) is 32.0 Å². The van der Waals surface area contributed by atoms with E-state index in [1.54, 1.807) is 5.56 Å². The van der Waals surface area contributed by atoms with Crippen molar-refractivity contribution >= 4 is 10.9 Å². The van der Waals surface area contributed by atoms with Gasteiger partial charge in [0.1, 0.15) is 5.60 Å². The Labute approximate surface area is 184 Å². The standard InChI is InChI=1S/C27H35NO3/c1-24(2,29)21-14-22-27(31-22)19-10-9-15-13-17-16-7-5-6-8-18(16)28-23(17)26(15,4)25(19,3)12-11-20(27)30-21/h5-8,15,19-22,28-29H,9-14H2,1-4H3/t15-,19+,20-,21-,22+,25-,26+,27+/m0/s1. The van der Waals surface area contributed by atoms with E-state index in [1.807, 2.05) is 13.8 Å². The third kappa shape index (κ3) is 2.09. The van der Waals surface area contributed by atoms with Crippen LogP contribution >= 0.6 is 0 Å². The lowest BCUT2D eigenvalue weighted by molar-refractivity contribution is -0.199. The minimum atomic E-state index is -0.812. The summed E-state index contributed by atoms with van der Waals surface area (Å²) in [6.45, 7) is 8.88. The van der Waals surface area contributed by atoms with Crippen molar-refractivity contribution in [3.05, 3.63) is 35.5 Å². The molecule has 0 amide bonds. The number of H-pyrrole nitrogens is 1. The number of para-hydroxylation sites is 1. The molecule has 2 aromatic rings. The molecule has 2 aliphatic heterocycles. The molecule has 0 bridgehead atoms. The summed E-state index contributed by atoms with van der Waals surface area (Å²) in [6, 6.07) is 8.85. The topological polar surface area (TPSA) is 57.8 Å². The smallest absolute Gasteiger partial charge is 0.124 e. The van der Waals surface area contributed by atoms with Crippen LogP contribution in [0.15, 0.2) is 24.3 Å². The Bertz CT molecular complexity index is 1080. The molecule has 2 saturated heterocycles. The summed E-state index contributed by atoms with van der Waals surface area (Å²) in [4.78, 5) is 3.89. The first-order valence-corrected chi connectivity index (χ1v) is 12.4. The van der Waals surface area contributed by atoms with Gasteiger partial charge in [0.05, 0.1) is 23.9 Å². The Morgan fingerprint density at radius 2 is 1.90 bits per heavy atom. The molecular weight excluding hydrogens is 386 g/mol. The average molecular weight is 422 g/mol. The lowest BCUT2D eigenvalue weighted by Gasteiger charge is -2.62. The maximum Gasteiger partial charge on any atom is 0.124 e. The largest absolute Gasteiger partial charge is 0.388 e. The van der Waals surface area contributed by atoms with Crippen LogP contribution in [0.1, 0.15) is 71.1 Å². The van der Waals surface area contributed by atoms with Crippen LogP contribution in [-0.4, -0.2) is 39.6 Å². The van der Waals surface area contributed by atoms with Gasteiger partial charge in [-0.25, -0.2) is 0 Å². The number of epoxide rings is 1. The van der Waals surface area contributed by atoms with Crippen LogP contribution in [0.4, 0.5) is 0 Å². The van der Waals surface area contributed by atoms with Crippen molar-refractivity contribution in [2.75, 3.05) is 0 Å². The van der Waals surface area contributed by atoms with E-state index in [0.717, 1.165) is 12.8 Å². The van der Waals surface area contributed by atoms with Gasteiger partial charge in [-0.05, 0) is 74.8 Å². The number of benzene rings is 1.